The molecule has 0 aliphatic carbocycles. The Hall–Kier alpha value is -2.60. The maximum Gasteiger partial charge on any atom is 0.278 e. The SMILES string of the molecule is Cc1cc2nc3n(c(=O)c2n1CC(=O)NCc1ccccc1Cl)CCCC3. The number of halogens is 1. The fourth-order valence-corrected chi connectivity index (χ4v) is 3.83. The van der Waals surface area contributed by atoms with Gasteiger partial charge in [0, 0.05) is 30.2 Å². The number of carbonyl (C=O) groups is 1. The summed E-state index contributed by atoms with van der Waals surface area (Å²) in [6.07, 6.45) is 2.87. The molecule has 3 heterocycles. The summed E-state index contributed by atoms with van der Waals surface area (Å²) >= 11 is 6.13. The molecule has 0 saturated carbocycles. The van der Waals surface area contributed by atoms with Crippen LogP contribution >= 0.6 is 11.6 Å². The van der Waals surface area contributed by atoms with Crippen LogP contribution in [-0.2, 0) is 30.8 Å². The first-order chi connectivity index (χ1) is 13.0. The molecule has 140 valence electrons. The summed E-state index contributed by atoms with van der Waals surface area (Å²) in [5, 5.41) is 3.50. The lowest BCUT2D eigenvalue weighted by atomic mass is 10.1. The predicted octanol–water partition coefficient (Wildman–Crippen LogP) is 2.81. The number of hydrogen-bond acceptors (Lipinski definition) is 3. The Bertz CT molecular complexity index is 1080. The normalized spacial score (nSPS) is 13.6. The molecule has 1 aliphatic heterocycles. The van der Waals surface area contributed by atoms with Gasteiger partial charge in [-0.05, 0) is 37.5 Å². The number of nitrogens with zero attached hydrogens (tertiary/aromatic N) is 3. The van der Waals surface area contributed by atoms with Crippen LogP contribution in [0, 0.1) is 6.92 Å². The van der Waals surface area contributed by atoms with Gasteiger partial charge in [-0.15, -0.1) is 0 Å². The van der Waals surface area contributed by atoms with Crippen LogP contribution in [0.4, 0.5) is 0 Å². The first-order valence-electron chi connectivity index (χ1n) is 9.14. The first-order valence-corrected chi connectivity index (χ1v) is 9.52. The standard InChI is InChI=1S/C20H21ClN4O2/c1-13-10-16-19(20(27)24-9-5-4-8-17(24)23-16)25(13)12-18(26)22-11-14-6-2-3-7-15(14)21/h2-3,6-7,10H,4-5,8-9,11-12H2,1H3,(H,22,26). The van der Waals surface area contributed by atoms with Crippen molar-refractivity contribution in [2.75, 3.05) is 0 Å². The molecule has 0 spiro atoms. The molecular formula is C20H21ClN4O2. The predicted molar refractivity (Wildman–Crippen MR) is 105 cm³/mol. The van der Waals surface area contributed by atoms with Gasteiger partial charge in [-0.1, -0.05) is 29.8 Å². The summed E-state index contributed by atoms with van der Waals surface area (Å²) in [6.45, 7) is 3.02. The number of carbonyl (C=O) groups excluding carboxylic acids is 1. The molecule has 1 aromatic carbocycles. The minimum atomic E-state index is -0.169. The average Bonchev–Trinajstić information content (AvgIpc) is 2.96. The van der Waals surface area contributed by atoms with Crippen LogP contribution in [-0.4, -0.2) is 20.0 Å². The van der Waals surface area contributed by atoms with Crippen molar-refractivity contribution in [3.8, 4) is 0 Å². The van der Waals surface area contributed by atoms with E-state index in [9.17, 15) is 9.59 Å². The van der Waals surface area contributed by atoms with E-state index in [1.807, 2.05) is 31.2 Å². The molecular weight excluding hydrogens is 364 g/mol. The molecule has 7 heteroatoms. The van der Waals surface area contributed by atoms with Crippen LogP contribution in [0.15, 0.2) is 35.1 Å². The van der Waals surface area contributed by atoms with E-state index in [-0.39, 0.29) is 18.0 Å². The third kappa shape index (κ3) is 3.37. The van der Waals surface area contributed by atoms with Gasteiger partial charge in [0.05, 0.1) is 5.52 Å². The molecule has 27 heavy (non-hydrogen) atoms. The van der Waals surface area contributed by atoms with Gasteiger partial charge in [-0.2, -0.15) is 0 Å². The molecule has 2 aromatic heterocycles. The minimum Gasteiger partial charge on any atom is -0.350 e. The van der Waals surface area contributed by atoms with Crippen molar-refractivity contribution in [3.05, 3.63) is 62.8 Å². The number of amides is 1. The van der Waals surface area contributed by atoms with Gasteiger partial charge >= 0.3 is 0 Å². The second kappa shape index (κ2) is 7.19. The van der Waals surface area contributed by atoms with Gasteiger partial charge in [0.1, 0.15) is 17.9 Å². The van der Waals surface area contributed by atoms with Crippen molar-refractivity contribution in [2.24, 2.45) is 0 Å². The molecule has 0 radical (unpaired) electrons. The van der Waals surface area contributed by atoms with Gasteiger partial charge in [0.25, 0.3) is 5.56 Å². The summed E-state index contributed by atoms with van der Waals surface area (Å²) in [5.74, 6) is 0.678. The fourth-order valence-electron chi connectivity index (χ4n) is 3.63. The van der Waals surface area contributed by atoms with Crippen molar-refractivity contribution in [2.45, 2.75) is 45.8 Å². The van der Waals surface area contributed by atoms with Crippen LogP contribution in [0.1, 0.15) is 29.9 Å². The van der Waals surface area contributed by atoms with E-state index in [0.29, 0.717) is 29.1 Å². The molecule has 0 bridgehead atoms. The number of aryl methyl sites for hydroxylation is 2. The quantitative estimate of drug-likeness (QED) is 0.752. The smallest absolute Gasteiger partial charge is 0.278 e. The van der Waals surface area contributed by atoms with Crippen LogP contribution in [0.5, 0.6) is 0 Å². The number of nitrogens with one attached hydrogen (secondary N) is 1. The summed E-state index contributed by atoms with van der Waals surface area (Å²) in [4.78, 5) is 30.1. The third-order valence-corrected chi connectivity index (χ3v) is 5.43. The summed E-state index contributed by atoms with van der Waals surface area (Å²) in [5.41, 5.74) is 2.83. The Balaban J connectivity index is 1.60. The number of fused-ring (bicyclic) bond motifs is 2. The molecule has 6 nitrogen and oxygen atoms in total. The Morgan fingerprint density at radius 1 is 1.30 bits per heavy atom. The maximum atomic E-state index is 13.0. The van der Waals surface area contributed by atoms with Gasteiger partial charge in [-0.3, -0.25) is 14.2 Å². The maximum absolute atomic E-state index is 13.0. The Morgan fingerprint density at radius 3 is 2.93 bits per heavy atom. The van der Waals surface area contributed by atoms with E-state index in [1.54, 1.807) is 15.2 Å². The molecule has 1 amide bonds. The van der Waals surface area contributed by atoms with Crippen molar-refractivity contribution in [1.82, 2.24) is 19.4 Å². The van der Waals surface area contributed by atoms with Crippen LogP contribution < -0.4 is 10.9 Å². The van der Waals surface area contributed by atoms with Gasteiger partial charge in [-0.25, -0.2) is 4.98 Å². The van der Waals surface area contributed by atoms with Crippen LogP contribution in [0.25, 0.3) is 11.0 Å². The average molecular weight is 385 g/mol. The van der Waals surface area contributed by atoms with Gasteiger partial charge in [0.2, 0.25) is 5.91 Å². The summed E-state index contributed by atoms with van der Waals surface area (Å²) < 4.78 is 3.51. The number of aromatic nitrogens is 3. The minimum absolute atomic E-state index is 0.0540. The Kier molecular flexibility index (Phi) is 4.74. The highest BCUT2D eigenvalue weighted by atomic mass is 35.5. The van der Waals surface area contributed by atoms with E-state index < -0.39 is 0 Å². The number of hydrogen-bond donors (Lipinski definition) is 1. The molecule has 1 N–H and O–H groups in total. The molecule has 0 saturated heterocycles. The lowest BCUT2D eigenvalue weighted by molar-refractivity contribution is -0.121. The molecule has 0 unspecified atom stereocenters. The topological polar surface area (TPSA) is 68.9 Å². The zero-order valence-electron chi connectivity index (χ0n) is 15.2. The van der Waals surface area contributed by atoms with Crippen LogP contribution in [0.2, 0.25) is 5.02 Å². The highest BCUT2D eigenvalue weighted by Crippen LogP contribution is 2.19. The number of benzene rings is 1. The zero-order chi connectivity index (χ0) is 19.0. The third-order valence-electron chi connectivity index (χ3n) is 5.06. The highest BCUT2D eigenvalue weighted by Gasteiger charge is 2.19. The Morgan fingerprint density at radius 2 is 2.11 bits per heavy atom. The largest absolute Gasteiger partial charge is 0.350 e. The van der Waals surface area contributed by atoms with Crippen molar-refractivity contribution in [1.29, 1.82) is 0 Å². The van der Waals surface area contributed by atoms with Crippen LogP contribution in [0.3, 0.4) is 0 Å². The van der Waals surface area contributed by atoms with Crippen molar-refractivity contribution in [3.63, 3.8) is 0 Å². The monoisotopic (exact) mass is 384 g/mol. The first kappa shape index (κ1) is 17.8. The highest BCUT2D eigenvalue weighted by molar-refractivity contribution is 6.31. The second-order valence-corrected chi connectivity index (χ2v) is 7.32. The van der Waals surface area contributed by atoms with E-state index in [1.165, 1.54) is 0 Å². The zero-order valence-corrected chi connectivity index (χ0v) is 15.9. The molecule has 3 aromatic rings. The molecule has 0 fully saturated rings. The van der Waals surface area contributed by atoms with E-state index >= 15 is 0 Å². The summed E-state index contributed by atoms with van der Waals surface area (Å²) in [7, 11) is 0. The van der Waals surface area contributed by atoms with Gasteiger partial charge in [0.15, 0.2) is 0 Å². The van der Waals surface area contributed by atoms with E-state index in [2.05, 4.69) is 10.3 Å². The summed E-state index contributed by atoms with van der Waals surface area (Å²) in [6, 6.07) is 9.29. The number of rotatable bonds is 4. The van der Waals surface area contributed by atoms with E-state index in [0.717, 1.165) is 36.3 Å². The molecule has 4 rings (SSSR count). The lowest BCUT2D eigenvalue weighted by Crippen LogP contribution is -2.32. The fraction of sp³-hybridized carbons (Fsp3) is 0.350. The van der Waals surface area contributed by atoms with E-state index in [4.69, 9.17) is 11.6 Å². The van der Waals surface area contributed by atoms with Gasteiger partial charge < -0.3 is 9.88 Å². The van der Waals surface area contributed by atoms with Crippen molar-refractivity contribution < 1.29 is 4.79 Å². The Labute approximate surface area is 161 Å². The van der Waals surface area contributed by atoms with Crippen molar-refractivity contribution >= 4 is 28.5 Å². The lowest BCUT2D eigenvalue weighted by Gasteiger charge is -2.17. The second-order valence-electron chi connectivity index (χ2n) is 6.92. The molecule has 0 atom stereocenters. The molecule has 1 aliphatic rings.